The molecule has 0 spiro atoms. The van der Waals surface area contributed by atoms with Crippen molar-refractivity contribution in [2.24, 2.45) is 0 Å². The third kappa shape index (κ3) is 4.78. The fraction of sp³-hybridized carbons (Fsp3) is 0.474. The number of aliphatic hydroxyl groups excluding tert-OH is 1. The highest BCUT2D eigenvalue weighted by atomic mass is 16.5. The molecule has 8 heteroatoms. The van der Waals surface area contributed by atoms with Gasteiger partial charge < -0.3 is 24.7 Å². The summed E-state index contributed by atoms with van der Waals surface area (Å²) in [5.41, 5.74) is 4.44. The number of amides is 1. The molecule has 1 amide bonds. The highest BCUT2D eigenvalue weighted by molar-refractivity contribution is 5.64. The fourth-order valence-electron chi connectivity index (χ4n) is 3.37. The summed E-state index contributed by atoms with van der Waals surface area (Å²) in [5, 5.41) is 20.8. The molecule has 8 nitrogen and oxygen atoms in total. The van der Waals surface area contributed by atoms with Crippen molar-refractivity contribution in [2.75, 3.05) is 19.6 Å². The molecule has 3 N–H and O–H groups in total. The zero-order valence-electron chi connectivity index (χ0n) is 15.6. The van der Waals surface area contributed by atoms with Crippen molar-refractivity contribution >= 4 is 6.09 Å². The lowest BCUT2D eigenvalue weighted by atomic mass is 9.94. The smallest absolute Gasteiger partial charge is 0.404 e. The first kappa shape index (κ1) is 19.2. The summed E-state index contributed by atoms with van der Waals surface area (Å²) in [5.74, 6) is 1.56. The van der Waals surface area contributed by atoms with Crippen molar-refractivity contribution in [1.82, 2.24) is 15.2 Å². The van der Waals surface area contributed by atoms with Crippen LogP contribution in [0.5, 0.6) is 5.75 Å². The van der Waals surface area contributed by atoms with E-state index >= 15 is 0 Å². The first-order chi connectivity index (χ1) is 12.9. The van der Waals surface area contributed by atoms with Gasteiger partial charge in [0.05, 0.1) is 11.8 Å². The molecule has 1 aliphatic rings. The molecule has 0 saturated heterocycles. The molecule has 1 aromatic heterocycles. The number of ether oxygens (including phenoxy) is 1. The molecule has 146 valence electrons. The van der Waals surface area contributed by atoms with Crippen LogP contribution in [0.1, 0.15) is 28.1 Å². The van der Waals surface area contributed by atoms with Crippen LogP contribution in [0.4, 0.5) is 4.79 Å². The van der Waals surface area contributed by atoms with E-state index in [4.69, 9.17) is 14.3 Å². The molecule has 1 aromatic carbocycles. The van der Waals surface area contributed by atoms with E-state index < -0.39 is 12.2 Å². The lowest BCUT2D eigenvalue weighted by Crippen LogP contribution is -2.41. The number of nitrogens with zero attached hydrogens (tertiary/aromatic N) is 2. The number of β-amino-alcohol motifs (C(OH)–C–C–N with tert-alkyl or cyclic N) is 1. The predicted molar refractivity (Wildman–Crippen MR) is 97.8 cm³/mol. The summed E-state index contributed by atoms with van der Waals surface area (Å²) >= 11 is 0. The Hall–Kier alpha value is -2.58. The SMILES string of the molecule is Cc1ncoc1COc1ccc2c(c1C)CCN(CC(O)CNC(=O)O)C2. The van der Waals surface area contributed by atoms with E-state index in [1.807, 2.05) is 13.0 Å². The van der Waals surface area contributed by atoms with Crippen LogP contribution < -0.4 is 10.1 Å². The monoisotopic (exact) mass is 375 g/mol. The predicted octanol–water partition coefficient (Wildman–Crippen LogP) is 1.86. The Bertz CT molecular complexity index is 805. The number of benzene rings is 1. The molecular formula is C19H25N3O5. The largest absolute Gasteiger partial charge is 0.485 e. The van der Waals surface area contributed by atoms with Crippen molar-refractivity contribution in [3.05, 3.63) is 46.7 Å². The number of hydrogen-bond acceptors (Lipinski definition) is 6. The number of hydrogen-bond donors (Lipinski definition) is 3. The van der Waals surface area contributed by atoms with Crippen molar-refractivity contribution < 1.29 is 24.2 Å². The summed E-state index contributed by atoms with van der Waals surface area (Å²) in [6.45, 7) is 6.29. The van der Waals surface area contributed by atoms with E-state index in [0.717, 1.165) is 42.3 Å². The van der Waals surface area contributed by atoms with Crippen molar-refractivity contribution in [3.8, 4) is 5.75 Å². The van der Waals surface area contributed by atoms with E-state index in [2.05, 4.69) is 28.2 Å². The second-order valence-corrected chi connectivity index (χ2v) is 6.80. The number of nitrogens with one attached hydrogen (secondary N) is 1. The van der Waals surface area contributed by atoms with Gasteiger partial charge in [-0.15, -0.1) is 0 Å². The molecule has 0 saturated carbocycles. The average Bonchev–Trinajstić information content (AvgIpc) is 3.04. The van der Waals surface area contributed by atoms with Gasteiger partial charge in [0, 0.05) is 26.2 Å². The normalized spacial score (nSPS) is 15.2. The van der Waals surface area contributed by atoms with E-state index in [1.54, 1.807) is 0 Å². The summed E-state index contributed by atoms with van der Waals surface area (Å²) in [4.78, 5) is 16.7. The molecule has 2 aromatic rings. The number of fused-ring (bicyclic) bond motifs is 1. The number of rotatable bonds is 7. The zero-order valence-corrected chi connectivity index (χ0v) is 15.6. The summed E-state index contributed by atoms with van der Waals surface area (Å²) in [6, 6.07) is 4.02. The second-order valence-electron chi connectivity index (χ2n) is 6.80. The minimum absolute atomic E-state index is 0.0333. The molecule has 2 heterocycles. The van der Waals surface area contributed by atoms with Crippen LogP contribution in [-0.2, 0) is 19.6 Å². The van der Waals surface area contributed by atoms with Crippen molar-refractivity contribution in [1.29, 1.82) is 0 Å². The van der Waals surface area contributed by atoms with E-state index in [-0.39, 0.29) is 6.54 Å². The molecule has 0 bridgehead atoms. The molecule has 1 unspecified atom stereocenters. The average molecular weight is 375 g/mol. The lowest BCUT2D eigenvalue weighted by Gasteiger charge is -2.31. The Balaban J connectivity index is 1.60. The van der Waals surface area contributed by atoms with Crippen LogP contribution in [0.3, 0.4) is 0 Å². The van der Waals surface area contributed by atoms with Crippen LogP contribution in [0.25, 0.3) is 0 Å². The van der Waals surface area contributed by atoms with E-state index in [1.165, 1.54) is 17.5 Å². The van der Waals surface area contributed by atoms with Crippen molar-refractivity contribution in [3.63, 3.8) is 0 Å². The van der Waals surface area contributed by atoms with Gasteiger partial charge in [-0.1, -0.05) is 6.07 Å². The van der Waals surface area contributed by atoms with Gasteiger partial charge in [0.1, 0.15) is 12.4 Å². The van der Waals surface area contributed by atoms with Gasteiger partial charge in [-0.05, 0) is 43.0 Å². The van der Waals surface area contributed by atoms with Gasteiger partial charge in [0.25, 0.3) is 0 Å². The minimum atomic E-state index is -1.12. The fourth-order valence-corrected chi connectivity index (χ4v) is 3.37. The Morgan fingerprint density at radius 3 is 2.96 bits per heavy atom. The molecule has 3 rings (SSSR count). The molecule has 1 atom stereocenters. The third-order valence-corrected chi connectivity index (χ3v) is 4.88. The molecule has 1 aliphatic heterocycles. The molecule has 0 fully saturated rings. The Kier molecular flexibility index (Phi) is 5.98. The van der Waals surface area contributed by atoms with Crippen LogP contribution in [0, 0.1) is 13.8 Å². The molecule has 0 radical (unpaired) electrons. The maximum atomic E-state index is 10.5. The first-order valence-corrected chi connectivity index (χ1v) is 8.94. The van der Waals surface area contributed by atoms with Crippen LogP contribution >= 0.6 is 0 Å². The third-order valence-electron chi connectivity index (χ3n) is 4.88. The summed E-state index contributed by atoms with van der Waals surface area (Å²) in [7, 11) is 0. The molecule has 27 heavy (non-hydrogen) atoms. The van der Waals surface area contributed by atoms with Gasteiger partial charge in [-0.3, -0.25) is 4.90 Å². The highest BCUT2D eigenvalue weighted by Crippen LogP contribution is 2.30. The Labute approximate surface area is 157 Å². The number of aliphatic hydroxyl groups is 1. The van der Waals surface area contributed by atoms with Crippen LogP contribution in [-0.4, -0.2) is 51.9 Å². The quantitative estimate of drug-likeness (QED) is 0.678. The number of oxazole rings is 1. The maximum absolute atomic E-state index is 10.5. The van der Waals surface area contributed by atoms with Crippen LogP contribution in [0.2, 0.25) is 0 Å². The maximum Gasteiger partial charge on any atom is 0.404 e. The van der Waals surface area contributed by atoms with E-state index in [0.29, 0.717) is 13.2 Å². The standard InChI is InChI=1S/C19H25N3O5/c1-12-16-5-6-22(9-15(23)7-20-19(24)25)8-14(16)3-4-17(12)26-10-18-13(2)21-11-27-18/h3-4,11,15,20,23H,5-10H2,1-2H3,(H,24,25). The number of carbonyl (C=O) groups is 1. The summed E-state index contributed by atoms with van der Waals surface area (Å²) in [6.07, 6.45) is 0.430. The minimum Gasteiger partial charge on any atom is -0.485 e. The first-order valence-electron chi connectivity index (χ1n) is 8.94. The van der Waals surface area contributed by atoms with Gasteiger partial charge in [0.15, 0.2) is 12.2 Å². The topological polar surface area (TPSA) is 108 Å². The highest BCUT2D eigenvalue weighted by Gasteiger charge is 2.22. The lowest BCUT2D eigenvalue weighted by molar-refractivity contribution is 0.102. The number of aromatic nitrogens is 1. The number of carboxylic acid groups (broad SMARTS) is 1. The number of aryl methyl sites for hydroxylation is 1. The van der Waals surface area contributed by atoms with Gasteiger partial charge in [0.2, 0.25) is 0 Å². The van der Waals surface area contributed by atoms with Gasteiger partial charge >= 0.3 is 6.09 Å². The Morgan fingerprint density at radius 1 is 1.44 bits per heavy atom. The van der Waals surface area contributed by atoms with Crippen molar-refractivity contribution in [2.45, 2.75) is 39.5 Å². The van der Waals surface area contributed by atoms with Gasteiger partial charge in [-0.25, -0.2) is 9.78 Å². The second kappa shape index (κ2) is 8.41. The molecule has 0 aliphatic carbocycles. The molecular weight excluding hydrogens is 350 g/mol. The van der Waals surface area contributed by atoms with Crippen LogP contribution in [0.15, 0.2) is 22.9 Å². The zero-order chi connectivity index (χ0) is 19.4. The van der Waals surface area contributed by atoms with Gasteiger partial charge in [-0.2, -0.15) is 0 Å². The summed E-state index contributed by atoms with van der Waals surface area (Å²) < 4.78 is 11.2. The Morgan fingerprint density at radius 2 is 2.26 bits per heavy atom. The van der Waals surface area contributed by atoms with E-state index in [9.17, 15) is 9.90 Å².